The van der Waals surface area contributed by atoms with Crippen LogP contribution < -0.4 is 4.74 Å². The fourth-order valence-electron chi connectivity index (χ4n) is 2.36. The molecule has 0 spiro atoms. The van der Waals surface area contributed by atoms with E-state index in [1.807, 2.05) is 19.9 Å². The molecule has 0 unspecified atom stereocenters. The van der Waals surface area contributed by atoms with Crippen LogP contribution in [0.5, 0.6) is 5.75 Å². The number of rotatable bonds is 5. The summed E-state index contributed by atoms with van der Waals surface area (Å²) in [5.41, 5.74) is 4.36. The first-order valence-electron chi connectivity index (χ1n) is 7.57. The van der Waals surface area contributed by atoms with Crippen LogP contribution in [0.25, 0.3) is 5.78 Å². The number of aryl methyl sites for hydroxylation is 4. The van der Waals surface area contributed by atoms with Gasteiger partial charge in [-0.2, -0.15) is 4.98 Å². The van der Waals surface area contributed by atoms with E-state index in [9.17, 15) is 0 Å². The van der Waals surface area contributed by atoms with Gasteiger partial charge >= 0.3 is 0 Å². The van der Waals surface area contributed by atoms with E-state index in [1.165, 1.54) is 5.56 Å². The van der Waals surface area contributed by atoms with E-state index in [2.05, 4.69) is 47.1 Å². The monoisotopic (exact) mass is 328 g/mol. The van der Waals surface area contributed by atoms with Crippen molar-refractivity contribution in [2.75, 3.05) is 12.4 Å². The van der Waals surface area contributed by atoms with Gasteiger partial charge in [-0.05, 0) is 51.0 Å². The minimum atomic E-state index is 0.621. The molecule has 3 rings (SSSR count). The van der Waals surface area contributed by atoms with Crippen molar-refractivity contribution in [1.82, 2.24) is 19.6 Å². The Kier molecular flexibility index (Phi) is 4.52. The number of ether oxygens (including phenoxy) is 1. The van der Waals surface area contributed by atoms with Crippen LogP contribution in [-0.2, 0) is 0 Å². The van der Waals surface area contributed by atoms with Gasteiger partial charge in [-0.25, -0.2) is 9.50 Å². The minimum Gasteiger partial charge on any atom is -0.492 e. The summed E-state index contributed by atoms with van der Waals surface area (Å²) in [4.78, 5) is 8.86. The molecule has 0 saturated heterocycles. The van der Waals surface area contributed by atoms with Crippen LogP contribution in [0.4, 0.5) is 0 Å². The SMILES string of the molecule is Cc1ccc(C)c(OCCSc2nc3nc(C)cc(C)n3n2)c1. The van der Waals surface area contributed by atoms with Crippen LogP contribution in [0.2, 0.25) is 0 Å². The van der Waals surface area contributed by atoms with Crippen LogP contribution in [0.15, 0.2) is 29.4 Å². The highest BCUT2D eigenvalue weighted by Gasteiger charge is 2.08. The van der Waals surface area contributed by atoms with Gasteiger partial charge in [0.25, 0.3) is 5.78 Å². The van der Waals surface area contributed by atoms with Crippen molar-refractivity contribution in [2.45, 2.75) is 32.9 Å². The Labute approximate surface area is 140 Å². The molecule has 120 valence electrons. The molecule has 2 heterocycles. The summed E-state index contributed by atoms with van der Waals surface area (Å²) in [5, 5.41) is 5.21. The lowest BCUT2D eigenvalue weighted by Crippen LogP contribution is -2.02. The van der Waals surface area contributed by atoms with Crippen molar-refractivity contribution in [3.05, 3.63) is 46.8 Å². The lowest BCUT2D eigenvalue weighted by molar-refractivity contribution is 0.341. The van der Waals surface area contributed by atoms with E-state index in [-0.39, 0.29) is 0 Å². The third-order valence-electron chi connectivity index (χ3n) is 3.51. The lowest BCUT2D eigenvalue weighted by Gasteiger charge is -2.09. The molecule has 5 nitrogen and oxygen atoms in total. The van der Waals surface area contributed by atoms with Gasteiger partial charge in [0, 0.05) is 17.1 Å². The molecular formula is C17H20N4OS. The number of nitrogens with zero attached hydrogens (tertiary/aromatic N) is 4. The summed E-state index contributed by atoms with van der Waals surface area (Å²) < 4.78 is 7.64. The Balaban J connectivity index is 1.61. The van der Waals surface area contributed by atoms with E-state index in [4.69, 9.17) is 4.74 Å². The molecule has 0 aliphatic carbocycles. The van der Waals surface area contributed by atoms with E-state index >= 15 is 0 Å². The molecule has 0 aliphatic heterocycles. The predicted octanol–water partition coefficient (Wildman–Crippen LogP) is 3.53. The summed E-state index contributed by atoms with van der Waals surface area (Å²) in [6.07, 6.45) is 0. The Bertz CT molecular complexity index is 844. The first-order chi connectivity index (χ1) is 11.0. The Morgan fingerprint density at radius 3 is 2.74 bits per heavy atom. The van der Waals surface area contributed by atoms with Crippen molar-refractivity contribution in [1.29, 1.82) is 0 Å². The molecule has 0 saturated carbocycles. The number of aromatic nitrogens is 4. The smallest absolute Gasteiger partial charge is 0.253 e. The molecule has 0 bridgehead atoms. The molecule has 2 aromatic heterocycles. The van der Waals surface area contributed by atoms with Crippen LogP contribution in [0.3, 0.4) is 0 Å². The van der Waals surface area contributed by atoms with Gasteiger partial charge in [0.1, 0.15) is 5.75 Å². The fourth-order valence-corrected chi connectivity index (χ4v) is 2.99. The van der Waals surface area contributed by atoms with Crippen LogP contribution in [0, 0.1) is 27.7 Å². The summed E-state index contributed by atoms with van der Waals surface area (Å²) in [6, 6.07) is 8.24. The normalized spacial score (nSPS) is 11.1. The second-order valence-corrected chi connectivity index (χ2v) is 6.67. The highest BCUT2D eigenvalue weighted by atomic mass is 32.2. The van der Waals surface area contributed by atoms with Gasteiger partial charge < -0.3 is 4.74 Å². The molecule has 0 aliphatic rings. The molecule has 0 fully saturated rings. The first kappa shape index (κ1) is 15.8. The van der Waals surface area contributed by atoms with E-state index in [1.54, 1.807) is 16.3 Å². The average Bonchev–Trinajstić information content (AvgIpc) is 2.90. The van der Waals surface area contributed by atoms with E-state index in [0.717, 1.165) is 33.6 Å². The molecule has 0 atom stereocenters. The second kappa shape index (κ2) is 6.58. The molecule has 0 N–H and O–H groups in total. The third kappa shape index (κ3) is 3.64. The van der Waals surface area contributed by atoms with Gasteiger partial charge in [0.05, 0.1) is 6.61 Å². The van der Waals surface area contributed by atoms with Crippen LogP contribution in [0.1, 0.15) is 22.5 Å². The predicted molar refractivity (Wildman–Crippen MR) is 92.4 cm³/mol. The summed E-state index contributed by atoms with van der Waals surface area (Å²) in [5.74, 6) is 2.39. The Hall–Kier alpha value is -2.08. The summed E-state index contributed by atoms with van der Waals surface area (Å²) in [7, 11) is 0. The average molecular weight is 328 g/mol. The fraction of sp³-hybridized carbons (Fsp3) is 0.353. The quantitative estimate of drug-likeness (QED) is 0.530. The third-order valence-corrected chi connectivity index (χ3v) is 4.32. The maximum atomic E-state index is 5.86. The summed E-state index contributed by atoms with van der Waals surface area (Å²) in [6.45, 7) is 8.72. The molecule has 23 heavy (non-hydrogen) atoms. The Morgan fingerprint density at radius 1 is 1.09 bits per heavy atom. The highest BCUT2D eigenvalue weighted by molar-refractivity contribution is 7.99. The van der Waals surface area contributed by atoms with E-state index < -0.39 is 0 Å². The maximum Gasteiger partial charge on any atom is 0.253 e. The number of benzene rings is 1. The molecule has 1 aromatic carbocycles. The largest absolute Gasteiger partial charge is 0.492 e. The zero-order chi connectivity index (χ0) is 16.4. The molecular weight excluding hydrogens is 308 g/mol. The lowest BCUT2D eigenvalue weighted by atomic mass is 10.1. The topological polar surface area (TPSA) is 52.3 Å². The number of hydrogen-bond acceptors (Lipinski definition) is 5. The van der Waals surface area contributed by atoms with Gasteiger partial charge in [-0.3, -0.25) is 0 Å². The van der Waals surface area contributed by atoms with Gasteiger partial charge in [-0.15, -0.1) is 5.10 Å². The van der Waals surface area contributed by atoms with Crippen molar-refractivity contribution >= 4 is 17.5 Å². The van der Waals surface area contributed by atoms with Crippen LogP contribution >= 0.6 is 11.8 Å². The molecule has 0 radical (unpaired) electrons. The maximum absolute atomic E-state index is 5.86. The van der Waals surface area contributed by atoms with Gasteiger partial charge in [0.2, 0.25) is 5.16 Å². The first-order valence-corrected chi connectivity index (χ1v) is 8.55. The number of hydrogen-bond donors (Lipinski definition) is 0. The zero-order valence-corrected chi connectivity index (χ0v) is 14.6. The molecule has 0 amide bonds. The molecule has 6 heteroatoms. The zero-order valence-electron chi connectivity index (χ0n) is 13.8. The van der Waals surface area contributed by atoms with Gasteiger partial charge in [0.15, 0.2) is 0 Å². The van der Waals surface area contributed by atoms with Crippen LogP contribution in [-0.4, -0.2) is 31.9 Å². The standard InChI is InChI=1S/C17H20N4OS/c1-11-5-6-12(2)15(9-11)22-7-8-23-17-19-16-18-13(3)10-14(4)21(16)20-17/h5-6,9-10H,7-8H2,1-4H3. The molecule has 3 aromatic rings. The van der Waals surface area contributed by atoms with E-state index in [0.29, 0.717) is 12.4 Å². The Morgan fingerprint density at radius 2 is 1.91 bits per heavy atom. The van der Waals surface area contributed by atoms with Gasteiger partial charge in [-0.1, -0.05) is 23.9 Å². The van der Waals surface area contributed by atoms with Crippen molar-refractivity contribution in [2.24, 2.45) is 0 Å². The number of fused-ring (bicyclic) bond motifs is 1. The van der Waals surface area contributed by atoms with Crippen molar-refractivity contribution in [3.8, 4) is 5.75 Å². The second-order valence-electron chi connectivity index (χ2n) is 5.61. The van der Waals surface area contributed by atoms with Crippen molar-refractivity contribution in [3.63, 3.8) is 0 Å². The van der Waals surface area contributed by atoms with Crippen molar-refractivity contribution < 1.29 is 4.74 Å². The highest BCUT2D eigenvalue weighted by Crippen LogP contribution is 2.20. The number of thioether (sulfide) groups is 1. The minimum absolute atomic E-state index is 0.621. The summed E-state index contributed by atoms with van der Waals surface area (Å²) >= 11 is 1.58.